The molecule has 2 amide bonds. The molecule has 1 aromatic carbocycles. The number of methoxy groups -OCH3 is 1. The molecule has 3 aliphatic rings. The molecule has 2 atom stereocenters. The van der Waals surface area contributed by atoms with Crippen molar-refractivity contribution in [3.8, 4) is 33.3 Å². The van der Waals surface area contributed by atoms with E-state index in [0.717, 1.165) is 40.2 Å². The highest BCUT2D eigenvalue weighted by Crippen LogP contribution is 2.44. The lowest BCUT2D eigenvalue weighted by molar-refractivity contribution is 0.0275. The molecule has 6 rings (SSSR count). The minimum Gasteiger partial charge on any atom is -0.493 e. The Bertz CT molecular complexity index is 1370. The minimum atomic E-state index is -0.876. The van der Waals surface area contributed by atoms with E-state index in [1.807, 2.05) is 48.4 Å². The minimum absolute atomic E-state index is 0.0139. The van der Waals surface area contributed by atoms with Gasteiger partial charge < -0.3 is 28.9 Å². The second-order valence-electron chi connectivity index (χ2n) is 10.7. The molecule has 2 aromatic heterocycles. The molecule has 0 spiro atoms. The topological polar surface area (TPSA) is 97.1 Å². The summed E-state index contributed by atoms with van der Waals surface area (Å²) in [7, 11) is 1.65. The number of hydrogen-bond donors (Lipinski definition) is 1. The van der Waals surface area contributed by atoms with Crippen molar-refractivity contribution in [2.45, 2.75) is 39.3 Å². The van der Waals surface area contributed by atoms with Gasteiger partial charge in [0.1, 0.15) is 5.69 Å². The zero-order valence-electron chi connectivity index (χ0n) is 21.8. The largest absolute Gasteiger partial charge is 0.493 e. The third-order valence-electron chi connectivity index (χ3n) is 7.66. The van der Waals surface area contributed by atoms with E-state index < -0.39 is 6.09 Å². The maximum atomic E-state index is 14.0. The summed E-state index contributed by atoms with van der Waals surface area (Å²) in [5.41, 5.74) is 3.89. The Balaban J connectivity index is 1.41. The van der Waals surface area contributed by atoms with Crippen molar-refractivity contribution in [1.82, 2.24) is 19.4 Å². The van der Waals surface area contributed by atoms with Crippen LogP contribution in [0.15, 0.2) is 29.6 Å². The van der Waals surface area contributed by atoms with Gasteiger partial charge in [-0.15, -0.1) is 11.3 Å². The fourth-order valence-electron chi connectivity index (χ4n) is 6.20. The number of benzene rings is 1. The molecule has 0 aliphatic carbocycles. The van der Waals surface area contributed by atoms with E-state index in [9.17, 15) is 14.7 Å². The number of thiophene rings is 1. The predicted octanol–water partition coefficient (Wildman–Crippen LogP) is 4.70. The Kier molecular flexibility index (Phi) is 6.29. The number of aromatic nitrogens is 2. The van der Waals surface area contributed by atoms with Gasteiger partial charge in [-0.05, 0) is 67.7 Å². The number of carbonyl (C=O) groups excluding carboxylic acids is 1. The number of carbonyl (C=O) groups is 2. The Morgan fingerprint density at radius 2 is 1.84 bits per heavy atom. The lowest BCUT2D eigenvalue weighted by Crippen LogP contribution is -2.55. The number of carboxylic acid groups (broad SMARTS) is 1. The molecule has 0 saturated carbocycles. The molecular weight excluding hydrogens is 504 g/mol. The number of aryl methyl sites for hydroxylation is 1. The Labute approximate surface area is 225 Å². The SMILES string of the molecule is COc1cc2c(cc1OC(C)C)-c1c(-c3cccs3)nc(C(=O)N3CC4CC(CN(C(=O)O)C4)C3)n1CC2. The molecule has 2 bridgehead atoms. The number of imidazole rings is 1. The highest BCUT2D eigenvalue weighted by atomic mass is 32.1. The van der Waals surface area contributed by atoms with Crippen LogP contribution in [0.2, 0.25) is 0 Å². The van der Waals surface area contributed by atoms with Gasteiger partial charge in [0.25, 0.3) is 5.91 Å². The number of hydrogen-bond acceptors (Lipinski definition) is 6. The second kappa shape index (κ2) is 9.65. The van der Waals surface area contributed by atoms with E-state index in [-0.39, 0.29) is 23.8 Å². The molecule has 2 fully saturated rings. The molecule has 3 aliphatic heterocycles. The van der Waals surface area contributed by atoms with Crippen molar-refractivity contribution in [1.29, 1.82) is 0 Å². The van der Waals surface area contributed by atoms with Gasteiger partial charge in [0.05, 0.1) is 23.8 Å². The smallest absolute Gasteiger partial charge is 0.407 e. The van der Waals surface area contributed by atoms with Gasteiger partial charge in [-0.1, -0.05) is 6.07 Å². The Morgan fingerprint density at radius 1 is 1.11 bits per heavy atom. The van der Waals surface area contributed by atoms with Crippen LogP contribution in [-0.4, -0.2) is 75.9 Å². The fraction of sp³-hybridized carbons (Fsp3) is 0.464. The van der Waals surface area contributed by atoms with Crippen LogP contribution < -0.4 is 9.47 Å². The van der Waals surface area contributed by atoms with Gasteiger partial charge in [0.15, 0.2) is 17.3 Å². The normalized spacial score (nSPS) is 20.2. The molecule has 5 heterocycles. The van der Waals surface area contributed by atoms with E-state index >= 15 is 0 Å². The Morgan fingerprint density at radius 3 is 2.47 bits per heavy atom. The lowest BCUT2D eigenvalue weighted by atomic mass is 9.85. The number of rotatable bonds is 5. The van der Waals surface area contributed by atoms with E-state index in [1.54, 1.807) is 18.4 Å². The summed E-state index contributed by atoms with van der Waals surface area (Å²) in [6, 6.07) is 8.11. The van der Waals surface area contributed by atoms with E-state index in [4.69, 9.17) is 14.5 Å². The number of piperidine rings is 2. The highest BCUT2D eigenvalue weighted by Gasteiger charge is 2.39. The second-order valence-corrected chi connectivity index (χ2v) is 11.7. The lowest BCUT2D eigenvalue weighted by Gasteiger charge is -2.44. The summed E-state index contributed by atoms with van der Waals surface area (Å²) in [5.74, 6) is 2.05. The molecule has 3 aromatic rings. The summed E-state index contributed by atoms with van der Waals surface area (Å²) in [4.78, 5) is 34.9. The summed E-state index contributed by atoms with van der Waals surface area (Å²) in [5, 5.41) is 11.5. The van der Waals surface area contributed by atoms with E-state index in [0.29, 0.717) is 50.0 Å². The standard InChI is InChI=1S/C28H32N4O5S/c1-16(2)37-22-11-20-19(10-21(22)36-3)6-7-32-25(20)24(23-5-4-8-38-23)29-26(32)27(33)30-12-17-9-18(13-30)15-31(14-17)28(34)35/h4-5,8,10-11,16-18H,6-7,9,12-15H2,1-3H3,(H,34,35). The van der Waals surface area contributed by atoms with Gasteiger partial charge in [-0.2, -0.15) is 0 Å². The first-order valence-electron chi connectivity index (χ1n) is 13.1. The molecule has 2 saturated heterocycles. The molecule has 9 nitrogen and oxygen atoms in total. The first-order chi connectivity index (χ1) is 18.3. The van der Waals surface area contributed by atoms with Gasteiger partial charge in [0, 0.05) is 38.3 Å². The number of nitrogens with zero attached hydrogens (tertiary/aromatic N) is 4. The van der Waals surface area contributed by atoms with Crippen LogP contribution in [0.1, 0.15) is 36.5 Å². The first kappa shape index (κ1) is 24.8. The zero-order chi connectivity index (χ0) is 26.6. The van der Waals surface area contributed by atoms with Crippen LogP contribution in [0.4, 0.5) is 4.79 Å². The van der Waals surface area contributed by atoms with E-state index in [2.05, 4.69) is 4.57 Å². The van der Waals surface area contributed by atoms with Crippen molar-refractivity contribution >= 4 is 23.3 Å². The maximum absolute atomic E-state index is 14.0. The van der Waals surface area contributed by atoms with Crippen LogP contribution in [0.3, 0.4) is 0 Å². The summed E-state index contributed by atoms with van der Waals surface area (Å²) >= 11 is 1.61. The molecule has 10 heteroatoms. The van der Waals surface area contributed by atoms with Crippen molar-refractivity contribution in [3.63, 3.8) is 0 Å². The molecule has 1 N–H and O–H groups in total. The number of amides is 2. The van der Waals surface area contributed by atoms with Gasteiger partial charge >= 0.3 is 6.09 Å². The Hall–Kier alpha value is -3.53. The van der Waals surface area contributed by atoms with Crippen molar-refractivity contribution < 1.29 is 24.2 Å². The summed E-state index contributed by atoms with van der Waals surface area (Å²) < 4.78 is 13.8. The number of likely N-dealkylation sites (tertiary alicyclic amines) is 2. The van der Waals surface area contributed by atoms with Crippen LogP contribution >= 0.6 is 11.3 Å². The predicted molar refractivity (Wildman–Crippen MR) is 144 cm³/mol. The van der Waals surface area contributed by atoms with Crippen molar-refractivity contribution in [3.05, 3.63) is 41.0 Å². The van der Waals surface area contributed by atoms with Crippen LogP contribution in [0.5, 0.6) is 11.5 Å². The van der Waals surface area contributed by atoms with E-state index in [1.165, 1.54) is 4.90 Å². The van der Waals surface area contributed by atoms with Crippen molar-refractivity contribution in [2.75, 3.05) is 33.3 Å². The summed E-state index contributed by atoms with van der Waals surface area (Å²) in [6.45, 7) is 6.67. The molecular formula is C28H32N4O5S. The quantitative estimate of drug-likeness (QED) is 0.508. The average molecular weight is 537 g/mol. The summed E-state index contributed by atoms with van der Waals surface area (Å²) in [6.07, 6.45) is 0.820. The van der Waals surface area contributed by atoms with Gasteiger partial charge in [-0.3, -0.25) is 4.79 Å². The first-order valence-corrected chi connectivity index (χ1v) is 14.0. The molecule has 0 radical (unpaired) electrons. The highest BCUT2D eigenvalue weighted by molar-refractivity contribution is 7.13. The molecule has 2 unspecified atom stereocenters. The zero-order valence-corrected chi connectivity index (χ0v) is 22.7. The third-order valence-corrected chi connectivity index (χ3v) is 8.54. The van der Waals surface area contributed by atoms with Crippen LogP contribution in [0.25, 0.3) is 21.8 Å². The average Bonchev–Trinajstić information content (AvgIpc) is 3.55. The molecule has 38 heavy (non-hydrogen) atoms. The van der Waals surface area contributed by atoms with Crippen LogP contribution in [0, 0.1) is 11.8 Å². The maximum Gasteiger partial charge on any atom is 0.407 e. The molecule has 200 valence electrons. The monoisotopic (exact) mass is 536 g/mol. The third kappa shape index (κ3) is 4.30. The fourth-order valence-corrected chi connectivity index (χ4v) is 6.92. The number of fused-ring (bicyclic) bond motifs is 5. The number of ether oxygens (including phenoxy) is 2. The van der Waals surface area contributed by atoms with Crippen molar-refractivity contribution in [2.24, 2.45) is 11.8 Å². The van der Waals surface area contributed by atoms with Gasteiger partial charge in [0.2, 0.25) is 0 Å². The van der Waals surface area contributed by atoms with Gasteiger partial charge in [-0.25, -0.2) is 9.78 Å². The van der Waals surface area contributed by atoms with Crippen LogP contribution in [-0.2, 0) is 13.0 Å².